The predicted molar refractivity (Wildman–Crippen MR) is 54.1 cm³/mol. The molecule has 0 aliphatic heterocycles. The molecule has 0 saturated carbocycles. The van der Waals surface area contributed by atoms with Crippen LogP contribution in [0.1, 0.15) is 26.5 Å². The molecule has 0 amide bonds. The van der Waals surface area contributed by atoms with Crippen molar-refractivity contribution in [1.82, 2.24) is 9.78 Å². The van der Waals surface area contributed by atoms with Crippen LogP contribution in [-0.4, -0.2) is 15.9 Å². The molecule has 0 atom stereocenters. The SMILES string of the molecule is Cn1ncc(N=C=O)c1CC(C)(C)C. The summed E-state index contributed by atoms with van der Waals surface area (Å²) in [6, 6.07) is 0. The fourth-order valence-electron chi connectivity index (χ4n) is 1.30. The Balaban J connectivity index is 3.05. The van der Waals surface area contributed by atoms with E-state index in [0.29, 0.717) is 5.69 Å². The third-order valence-corrected chi connectivity index (χ3v) is 1.90. The second kappa shape index (κ2) is 3.76. The third-order valence-electron chi connectivity index (χ3n) is 1.90. The molecule has 1 rings (SSSR count). The predicted octanol–water partition coefficient (Wildman–Crippen LogP) is 1.98. The van der Waals surface area contributed by atoms with Gasteiger partial charge in [0.15, 0.2) is 0 Å². The Kier molecular flexibility index (Phi) is 2.87. The Labute approximate surface area is 83.7 Å². The molecule has 1 heterocycles. The number of aromatic nitrogens is 2. The summed E-state index contributed by atoms with van der Waals surface area (Å²) in [6.07, 6.45) is 3.97. The van der Waals surface area contributed by atoms with Crippen molar-refractivity contribution < 1.29 is 4.79 Å². The minimum atomic E-state index is 0.154. The maximum Gasteiger partial charge on any atom is 0.240 e. The summed E-state index contributed by atoms with van der Waals surface area (Å²) in [5, 5.41) is 4.06. The van der Waals surface area contributed by atoms with Crippen LogP contribution in [0.5, 0.6) is 0 Å². The first-order valence-corrected chi connectivity index (χ1v) is 4.53. The van der Waals surface area contributed by atoms with Crippen molar-refractivity contribution in [1.29, 1.82) is 0 Å². The Morgan fingerprint density at radius 3 is 2.71 bits per heavy atom. The van der Waals surface area contributed by atoms with Crippen molar-refractivity contribution in [2.45, 2.75) is 27.2 Å². The molecule has 0 radical (unpaired) electrons. The van der Waals surface area contributed by atoms with Gasteiger partial charge in [-0.2, -0.15) is 10.1 Å². The molecule has 1 aromatic heterocycles. The second-order valence-electron chi connectivity index (χ2n) is 4.54. The first kappa shape index (κ1) is 10.7. The molecule has 0 aliphatic rings. The molecule has 0 spiro atoms. The fraction of sp³-hybridized carbons (Fsp3) is 0.600. The summed E-state index contributed by atoms with van der Waals surface area (Å²) in [5.74, 6) is 0. The molecule has 0 N–H and O–H groups in total. The van der Waals surface area contributed by atoms with Crippen LogP contribution in [0.2, 0.25) is 0 Å². The average Bonchev–Trinajstić information content (AvgIpc) is 2.34. The van der Waals surface area contributed by atoms with E-state index < -0.39 is 0 Å². The van der Waals surface area contributed by atoms with Gasteiger partial charge in [-0.15, -0.1) is 0 Å². The Morgan fingerprint density at radius 1 is 1.57 bits per heavy atom. The summed E-state index contributed by atoms with van der Waals surface area (Å²) >= 11 is 0. The van der Waals surface area contributed by atoms with Crippen molar-refractivity contribution in [2.24, 2.45) is 17.5 Å². The van der Waals surface area contributed by atoms with Crippen LogP contribution < -0.4 is 0 Å². The Morgan fingerprint density at radius 2 is 2.21 bits per heavy atom. The molecule has 1 aromatic rings. The van der Waals surface area contributed by atoms with E-state index in [2.05, 4.69) is 30.9 Å². The molecule has 4 heteroatoms. The highest BCUT2D eigenvalue weighted by Gasteiger charge is 2.17. The van der Waals surface area contributed by atoms with Gasteiger partial charge in [-0.3, -0.25) is 4.68 Å². The van der Waals surface area contributed by atoms with Gasteiger partial charge < -0.3 is 0 Å². The van der Waals surface area contributed by atoms with Gasteiger partial charge in [0.05, 0.1) is 11.9 Å². The molecule has 0 bridgehead atoms. The first-order valence-electron chi connectivity index (χ1n) is 4.53. The maximum atomic E-state index is 10.2. The minimum Gasteiger partial charge on any atom is -0.270 e. The van der Waals surface area contributed by atoms with Crippen molar-refractivity contribution in [2.75, 3.05) is 0 Å². The molecular formula is C10H15N3O. The van der Waals surface area contributed by atoms with E-state index in [4.69, 9.17) is 0 Å². The van der Waals surface area contributed by atoms with Gasteiger partial charge in [0, 0.05) is 7.05 Å². The maximum absolute atomic E-state index is 10.2. The van der Waals surface area contributed by atoms with Gasteiger partial charge in [0.2, 0.25) is 6.08 Å². The molecule has 0 fully saturated rings. The van der Waals surface area contributed by atoms with Crippen molar-refractivity contribution in [3.63, 3.8) is 0 Å². The van der Waals surface area contributed by atoms with E-state index in [1.165, 1.54) is 0 Å². The lowest BCUT2D eigenvalue weighted by atomic mass is 9.90. The van der Waals surface area contributed by atoms with Crippen LogP contribution in [-0.2, 0) is 18.3 Å². The van der Waals surface area contributed by atoms with E-state index in [9.17, 15) is 4.79 Å². The average molecular weight is 193 g/mol. The highest BCUT2D eigenvalue weighted by Crippen LogP contribution is 2.26. The fourth-order valence-corrected chi connectivity index (χ4v) is 1.30. The van der Waals surface area contributed by atoms with E-state index in [1.807, 2.05) is 7.05 Å². The highest BCUT2D eigenvalue weighted by atomic mass is 16.1. The van der Waals surface area contributed by atoms with Crippen LogP contribution in [0, 0.1) is 5.41 Å². The number of isocyanates is 1. The number of hydrogen-bond donors (Lipinski definition) is 0. The largest absolute Gasteiger partial charge is 0.270 e. The topological polar surface area (TPSA) is 47.2 Å². The smallest absolute Gasteiger partial charge is 0.240 e. The lowest BCUT2D eigenvalue weighted by Crippen LogP contribution is -2.12. The quantitative estimate of drug-likeness (QED) is 0.532. The zero-order valence-corrected chi connectivity index (χ0v) is 9.03. The highest BCUT2D eigenvalue weighted by molar-refractivity contribution is 5.50. The summed E-state index contributed by atoms with van der Waals surface area (Å²) in [5.41, 5.74) is 1.75. The lowest BCUT2D eigenvalue weighted by molar-refractivity contribution is 0.398. The molecular weight excluding hydrogens is 178 g/mol. The molecule has 0 aliphatic carbocycles. The van der Waals surface area contributed by atoms with Crippen LogP contribution in [0.3, 0.4) is 0 Å². The summed E-state index contributed by atoms with van der Waals surface area (Å²) in [6.45, 7) is 6.40. The molecule has 14 heavy (non-hydrogen) atoms. The van der Waals surface area contributed by atoms with Crippen LogP contribution in [0.25, 0.3) is 0 Å². The number of hydrogen-bond acceptors (Lipinski definition) is 3. The van der Waals surface area contributed by atoms with Gasteiger partial charge in [0.1, 0.15) is 5.69 Å². The van der Waals surface area contributed by atoms with Crippen molar-refractivity contribution in [3.8, 4) is 0 Å². The zero-order valence-electron chi connectivity index (χ0n) is 9.03. The summed E-state index contributed by atoms with van der Waals surface area (Å²) in [4.78, 5) is 13.8. The van der Waals surface area contributed by atoms with E-state index in [0.717, 1.165) is 12.1 Å². The number of nitrogens with zero attached hydrogens (tertiary/aromatic N) is 3. The Hall–Kier alpha value is -1.41. The van der Waals surface area contributed by atoms with Gasteiger partial charge in [-0.05, 0) is 11.8 Å². The van der Waals surface area contributed by atoms with Gasteiger partial charge >= 0.3 is 0 Å². The van der Waals surface area contributed by atoms with Crippen LogP contribution >= 0.6 is 0 Å². The van der Waals surface area contributed by atoms with E-state index >= 15 is 0 Å². The molecule has 0 aromatic carbocycles. The molecule has 76 valence electrons. The summed E-state index contributed by atoms with van der Waals surface area (Å²) < 4.78 is 1.75. The van der Waals surface area contributed by atoms with Crippen molar-refractivity contribution in [3.05, 3.63) is 11.9 Å². The normalized spacial score (nSPS) is 11.1. The van der Waals surface area contributed by atoms with E-state index in [-0.39, 0.29) is 5.41 Å². The van der Waals surface area contributed by atoms with Crippen LogP contribution in [0.4, 0.5) is 5.69 Å². The standard InChI is InChI=1S/C10H15N3O/c1-10(2,3)5-9-8(11-7-14)6-12-13(9)4/h6H,5H2,1-4H3. The summed E-state index contributed by atoms with van der Waals surface area (Å²) in [7, 11) is 1.85. The number of carbonyl (C=O) groups excluding carboxylic acids is 1. The monoisotopic (exact) mass is 193 g/mol. The number of rotatable bonds is 2. The third kappa shape index (κ3) is 2.54. The molecule has 4 nitrogen and oxygen atoms in total. The van der Waals surface area contributed by atoms with E-state index in [1.54, 1.807) is 17.0 Å². The zero-order chi connectivity index (χ0) is 10.8. The Bertz CT molecular complexity index is 367. The second-order valence-corrected chi connectivity index (χ2v) is 4.54. The lowest BCUT2D eigenvalue weighted by Gasteiger charge is -2.18. The minimum absolute atomic E-state index is 0.154. The molecule has 0 saturated heterocycles. The van der Waals surface area contributed by atoms with Crippen molar-refractivity contribution >= 4 is 11.8 Å². The van der Waals surface area contributed by atoms with Crippen LogP contribution in [0.15, 0.2) is 11.2 Å². The van der Waals surface area contributed by atoms with Gasteiger partial charge in [-0.1, -0.05) is 20.8 Å². The van der Waals surface area contributed by atoms with Gasteiger partial charge in [0.25, 0.3) is 0 Å². The first-order chi connectivity index (χ1) is 6.44. The number of aryl methyl sites for hydroxylation is 1. The molecule has 0 unspecified atom stereocenters. The van der Waals surface area contributed by atoms with Gasteiger partial charge in [-0.25, -0.2) is 4.79 Å². The number of aliphatic imine (C=N–C) groups is 1.